The Labute approximate surface area is 139 Å². The molecular formula is C19H19FN2O2. The molecule has 4 atom stereocenters. The fourth-order valence-corrected chi connectivity index (χ4v) is 3.57. The molecule has 1 heterocycles. The average Bonchev–Trinajstić information content (AvgIpc) is 3.38. The van der Waals surface area contributed by atoms with Gasteiger partial charge < -0.3 is 10.4 Å². The van der Waals surface area contributed by atoms with Crippen molar-refractivity contribution >= 4 is 5.91 Å². The maximum atomic E-state index is 15.5. The summed E-state index contributed by atoms with van der Waals surface area (Å²) in [7, 11) is 0. The third-order valence-corrected chi connectivity index (χ3v) is 5.04. The summed E-state index contributed by atoms with van der Waals surface area (Å²) in [6.45, 7) is 0. The standard InChI is InChI=1S/C19H19FN2O2/c20-19(9-8-16(23)17-14(19)7-4-10-21-17)18(24)22-15-11-13(15)12-5-2-1-3-6-12/h1-7,10,13,15-16,23H,8-9,11H2,(H,22,24)/t13-,15+,16?,19?/m1/s1. The van der Waals surface area contributed by atoms with Gasteiger partial charge in [0, 0.05) is 23.7 Å². The highest BCUT2D eigenvalue weighted by Gasteiger charge is 2.49. The van der Waals surface area contributed by atoms with E-state index in [4.69, 9.17) is 0 Å². The maximum Gasteiger partial charge on any atom is 0.262 e. The largest absolute Gasteiger partial charge is 0.387 e. The van der Waals surface area contributed by atoms with Crippen LogP contribution in [0.3, 0.4) is 0 Å². The highest BCUT2D eigenvalue weighted by molar-refractivity contribution is 5.87. The number of halogens is 1. The zero-order chi connectivity index (χ0) is 16.7. The molecule has 2 N–H and O–H groups in total. The molecule has 1 saturated carbocycles. The van der Waals surface area contributed by atoms with Crippen LogP contribution in [0.25, 0.3) is 0 Å². The minimum atomic E-state index is -2.12. The van der Waals surface area contributed by atoms with Crippen molar-refractivity contribution in [1.29, 1.82) is 0 Å². The van der Waals surface area contributed by atoms with Crippen LogP contribution in [0.1, 0.15) is 48.1 Å². The quantitative estimate of drug-likeness (QED) is 0.912. The molecule has 2 aromatic rings. The Hall–Kier alpha value is -2.27. The minimum Gasteiger partial charge on any atom is -0.387 e. The fraction of sp³-hybridized carbons (Fsp3) is 0.368. The molecular weight excluding hydrogens is 307 g/mol. The average molecular weight is 326 g/mol. The Kier molecular flexibility index (Phi) is 3.61. The summed E-state index contributed by atoms with van der Waals surface area (Å²) in [4.78, 5) is 16.7. The molecule has 24 heavy (non-hydrogen) atoms. The third-order valence-electron chi connectivity index (χ3n) is 5.04. The molecule has 2 aliphatic rings. The lowest BCUT2D eigenvalue weighted by molar-refractivity contribution is -0.135. The second-order valence-corrected chi connectivity index (χ2v) is 6.62. The summed E-state index contributed by atoms with van der Waals surface area (Å²) in [5, 5.41) is 12.8. The van der Waals surface area contributed by atoms with Crippen LogP contribution in [0.4, 0.5) is 4.39 Å². The van der Waals surface area contributed by atoms with Crippen molar-refractivity contribution in [3.8, 4) is 0 Å². The van der Waals surface area contributed by atoms with Crippen molar-refractivity contribution in [3.05, 3.63) is 65.5 Å². The normalized spacial score (nSPS) is 31.2. The van der Waals surface area contributed by atoms with E-state index in [-0.39, 0.29) is 36.1 Å². The third kappa shape index (κ3) is 2.49. The molecule has 2 unspecified atom stereocenters. The molecule has 0 bridgehead atoms. The number of aromatic nitrogens is 1. The molecule has 0 aliphatic heterocycles. The number of hydrogen-bond donors (Lipinski definition) is 2. The Morgan fingerprint density at radius 3 is 2.83 bits per heavy atom. The van der Waals surface area contributed by atoms with Crippen LogP contribution >= 0.6 is 0 Å². The minimum absolute atomic E-state index is 0.0264. The SMILES string of the molecule is O=C(N[C@H]1C[C@@H]1c1ccccc1)C1(F)CCC(O)c2ncccc21. The number of nitrogens with zero attached hydrogens (tertiary/aromatic N) is 1. The van der Waals surface area contributed by atoms with E-state index in [0.717, 1.165) is 12.0 Å². The van der Waals surface area contributed by atoms with E-state index in [1.807, 2.05) is 30.3 Å². The lowest BCUT2D eigenvalue weighted by atomic mass is 9.81. The number of aliphatic hydroxyl groups is 1. The molecule has 4 nitrogen and oxygen atoms in total. The van der Waals surface area contributed by atoms with Gasteiger partial charge in [0.25, 0.3) is 5.91 Å². The Morgan fingerprint density at radius 1 is 1.25 bits per heavy atom. The molecule has 0 radical (unpaired) electrons. The summed E-state index contributed by atoms with van der Waals surface area (Å²) in [5.41, 5.74) is -0.487. The van der Waals surface area contributed by atoms with E-state index in [0.29, 0.717) is 0 Å². The molecule has 124 valence electrons. The zero-order valence-electron chi connectivity index (χ0n) is 13.2. The van der Waals surface area contributed by atoms with Gasteiger partial charge in [0.15, 0.2) is 0 Å². The number of carbonyl (C=O) groups excluding carboxylic acids is 1. The number of pyridine rings is 1. The van der Waals surface area contributed by atoms with E-state index in [1.165, 1.54) is 6.20 Å². The number of fused-ring (bicyclic) bond motifs is 1. The van der Waals surface area contributed by atoms with Crippen molar-refractivity contribution in [1.82, 2.24) is 10.3 Å². The zero-order valence-corrected chi connectivity index (χ0v) is 13.2. The van der Waals surface area contributed by atoms with Crippen LogP contribution in [0, 0.1) is 0 Å². The van der Waals surface area contributed by atoms with Crippen molar-refractivity contribution in [2.45, 2.75) is 43.0 Å². The van der Waals surface area contributed by atoms with Crippen LogP contribution in [0.15, 0.2) is 48.7 Å². The van der Waals surface area contributed by atoms with Crippen molar-refractivity contribution < 1.29 is 14.3 Å². The van der Waals surface area contributed by atoms with Gasteiger partial charge in [-0.1, -0.05) is 36.4 Å². The van der Waals surface area contributed by atoms with Gasteiger partial charge in [-0.3, -0.25) is 9.78 Å². The monoisotopic (exact) mass is 326 g/mol. The van der Waals surface area contributed by atoms with Gasteiger partial charge in [-0.05, 0) is 30.9 Å². The second-order valence-electron chi connectivity index (χ2n) is 6.62. The van der Waals surface area contributed by atoms with Gasteiger partial charge >= 0.3 is 0 Å². The lowest BCUT2D eigenvalue weighted by Crippen LogP contribution is -2.45. The Balaban J connectivity index is 1.52. The first kappa shape index (κ1) is 15.3. The molecule has 2 aliphatic carbocycles. The molecule has 0 spiro atoms. The highest BCUT2D eigenvalue weighted by Crippen LogP contribution is 2.45. The fourth-order valence-electron chi connectivity index (χ4n) is 3.57. The topological polar surface area (TPSA) is 62.2 Å². The summed E-state index contributed by atoms with van der Waals surface area (Å²) in [6, 6.07) is 13.1. The first-order valence-electron chi connectivity index (χ1n) is 8.28. The maximum absolute atomic E-state index is 15.5. The van der Waals surface area contributed by atoms with E-state index in [1.54, 1.807) is 12.1 Å². The number of rotatable bonds is 3. The Morgan fingerprint density at radius 2 is 2.04 bits per heavy atom. The van der Waals surface area contributed by atoms with Crippen LogP contribution in [-0.4, -0.2) is 22.0 Å². The number of benzene rings is 1. The first-order valence-corrected chi connectivity index (χ1v) is 8.28. The van der Waals surface area contributed by atoms with E-state index >= 15 is 4.39 Å². The van der Waals surface area contributed by atoms with E-state index < -0.39 is 17.7 Å². The Bertz CT molecular complexity index is 767. The lowest BCUT2D eigenvalue weighted by Gasteiger charge is -2.32. The van der Waals surface area contributed by atoms with Gasteiger partial charge in [0.2, 0.25) is 5.67 Å². The molecule has 1 aromatic heterocycles. The van der Waals surface area contributed by atoms with Crippen LogP contribution in [0.2, 0.25) is 0 Å². The molecule has 1 aromatic carbocycles. The number of aliphatic hydroxyl groups excluding tert-OH is 1. The van der Waals surface area contributed by atoms with Gasteiger partial charge in [-0.25, -0.2) is 4.39 Å². The van der Waals surface area contributed by atoms with Crippen LogP contribution in [-0.2, 0) is 10.5 Å². The second kappa shape index (κ2) is 5.67. The van der Waals surface area contributed by atoms with Crippen LogP contribution in [0.5, 0.6) is 0 Å². The summed E-state index contributed by atoms with van der Waals surface area (Å²) < 4.78 is 15.5. The number of alkyl halides is 1. The smallest absolute Gasteiger partial charge is 0.262 e. The van der Waals surface area contributed by atoms with E-state index in [9.17, 15) is 9.90 Å². The number of carbonyl (C=O) groups is 1. The first-order chi connectivity index (χ1) is 11.6. The van der Waals surface area contributed by atoms with Crippen molar-refractivity contribution in [2.24, 2.45) is 0 Å². The van der Waals surface area contributed by atoms with Crippen molar-refractivity contribution in [3.63, 3.8) is 0 Å². The summed E-state index contributed by atoms with van der Waals surface area (Å²) >= 11 is 0. The van der Waals surface area contributed by atoms with Gasteiger partial charge in [-0.2, -0.15) is 0 Å². The summed E-state index contributed by atoms with van der Waals surface area (Å²) in [6.07, 6.45) is 1.70. The van der Waals surface area contributed by atoms with Gasteiger partial charge in [0.1, 0.15) is 0 Å². The molecule has 1 amide bonds. The molecule has 4 rings (SSSR count). The van der Waals surface area contributed by atoms with E-state index in [2.05, 4.69) is 10.3 Å². The number of amides is 1. The molecule has 0 saturated heterocycles. The van der Waals surface area contributed by atoms with Crippen LogP contribution < -0.4 is 5.32 Å². The molecule has 1 fully saturated rings. The predicted molar refractivity (Wildman–Crippen MR) is 86.9 cm³/mol. The molecule has 5 heteroatoms. The number of hydrogen-bond acceptors (Lipinski definition) is 3. The number of nitrogens with one attached hydrogen (secondary N) is 1. The van der Waals surface area contributed by atoms with Crippen molar-refractivity contribution in [2.75, 3.05) is 0 Å². The predicted octanol–water partition coefficient (Wildman–Crippen LogP) is 2.75. The van der Waals surface area contributed by atoms with Gasteiger partial charge in [0.05, 0.1) is 11.8 Å². The summed E-state index contributed by atoms with van der Waals surface area (Å²) in [5.74, 6) is -0.367. The van der Waals surface area contributed by atoms with Gasteiger partial charge in [-0.15, -0.1) is 0 Å². The highest BCUT2D eigenvalue weighted by atomic mass is 19.1.